The molecule has 0 saturated heterocycles. The van der Waals surface area contributed by atoms with Gasteiger partial charge in [0.25, 0.3) is 6.29 Å². The Morgan fingerprint density at radius 3 is 1.16 bits per heavy atom. The van der Waals surface area contributed by atoms with Crippen LogP contribution in [0.2, 0.25) is 0 Å². The molecule has 0 fully saturated rings. The molecule has 0 heterocycles. The van der Waals surface area contributed by atoms with Crippen molar-refractivity contribution in [2.45, 2.75) is 12.7 Å². The van der Waals surface area contributed by atoms with Gasteiger partial charge in [-0.05, 0) is 0 Å². The molecule has 0 N–H and O–H groups in total. The fourth-order valence-corrected chi connectivity index (χ4v) is 2.30. The Morgan fingerprint density at radius 2 is 0.784 bits per heavy atom. The summed E-state index contributed by atoms with van der Waals surface area (Å²) in [6.45, 7) is 2.69. The number of rotatable bonds is 28. The highest BCUT2D eigenvalue weighted by Crippen LogP contribution is 2.05. The Bertz CT molecular complexity index is 483. The maximum Gasteiger partial charge on any atom is 0.335 e. The van der Waals surface area contributed by atoms with Crippen molar-refractivity contribution >= 4 is 17.7 Å². The fraction of sp³-hybridized carbons (Fsp3) is 0.870. The summed E-state index contributed by atoms with van der Waals surface area (Å²) in [6, 6.07) is 0. The summed E-state index contributed by atoms with van der Waals surface area (Å²) in [7, 11) is 4.67. The van der Waals surface area contributed by atoms with Crippen molar-refractivity contribution in [3.63, 3.8) is 0 Å². The average molecular weight is 543 g/mol. The minimum Gasteiger partial charge on any atom is -0.423 e. The van der Waals surface area contributed by atoms with Crippen molar-refractivity contribution < 1.29 is 66.5 Å². The Kier molecular flexibility index (Phi) is 26.0. The van der Waals surface area contributed by atoms with Gasteiger partial charge >= 0.3 is 11.9 Å². The smallest absolute Gasteiger partial charge is 0.335 e. The van der Waals surface area contributed by atoms with E-state index in [0.29, 0.717) is 39.6 Å². The van der Waals surface area contributed by atoms with Crippen LogP contribution >= 0.6 is 0 Å². The topological polar surface area (TPSA) is 153 Å². The van der Waals surface area contributed by atoms with Crippen molar-refractivity contribution in [1.29, 1.82) is 0 Å². The van der Waals surface area contributed by atoms with Crippen LogP contribution in [0.25, 0.3) is 0 Å². The third-order valence-electron chi connectivity index (χ3n) is 4.03. The van der Waals surface area contributed by atoms with E-state index in [4.69, 9.17) is 52.1 Å². The zero-order chi connectivity index (χ0) is 27.4. The first kappa shape index (κ1) is 35.2. The second-order valence-electron chi connectivity index (χ2n) is 7.13. The lowest BCUT2D eigenvalue weighted by molar-refractivity contribution is -0.195. The first-order chi connectivity index (χ1) is 18.0. The summed E-state index contributed by atoms with van der Waals surface area (Å²) in [4.78, 5) is 36.4. The van der Waals surface area contributed by atoms with Crippen LogP contribution in [-0.4, -0.2) is 144 Å². The van der Waals surface area contributed by atoms with Crippen molar-refractivity contribution in [1.82, 2.24) is 0 Å². The monoisotopic (exact) mass is 542 g/mol. The Hall–Kier alpha value is -1.75. The fourth-order valence-electron chi connectivity index (χ4n) is 2.30. The molecule has 0 aliphatic heterocycles. The molecule has 0 amide bonds. The van der Waals surface area contributed by atoms with Gasteiger partial charge in [-0.2, -0.15) is 0 Å². The van der Waals surface area contributed by atoms with Gasteiger partial charge in [-0.15, -0.1) is 0 Å². The van der Waals surface area contributed by atoms with E-state index in [2.05, 4.69) is 0 Å². The summed E-state index contributed by atoms with van der Waals surface area (Å²) in [5.41, 5.74) is 0. The third-order valence-corrected chi connectivity index (χ3v) is 4.03. The maximum atomic E-state index is 12.2. The Labute approximate surface area is 218 Å². The van der Waals surface area contributed by atoms with Crippen molar-refractivity contribution in [2.75, 3.05) is 120 Å². The predicted octanol–water partition coefficient (Wildman–Crippen LogP) is -0.603. The average Bonchev–Trinajstić information content (AvgIpc) is 2.87. The zero-order valence-electron chi connectivity index (χ0n) is 22.1. The number of carbonyl (C=O) groups is 3. The molecule has 0 atom stereocenters. The molecule has 14 heteroatoms. The predicted molar refractivity (Wildman–Crippen MR) is 126 cm³/mol. The number of ketones is 1. The molecule has 218 valence electrons. The van der Waals surface area contributed by atoms with E-state index in [1.807, 2.05) is 0 Å². The van der Waals surface area contributed by atoms with E-state index < -0.39 is 43.6 Å². The standard InChI is InChI=1S/C23H42O14/c1-27-4-7-30-10-13-33-17-20(24)16-23(36-21(25)18-34-14-11-31-8-5-28-2)37-22(26)19-35-15-12-32-9-6-29-3/h23H,4-19H2,1-3H3. The van der Waals surface area contributed by atoms with Crippen LogP contribution in [0.15, 0.2) is 0 Å². The SMILES string of the molecule is COCCOCCOCC(=O)CC(OC(=O)COCCOCCOC)OC(=O)COCCOCCOC. The molecule has 0 saturated carbocycles. The molecule has 0 radical (unpaired) electrons. The van der Waals surface area contributed by atoms with Gasteiger partial charge in [0.1, 0.15) is 19.8 Å². The lowest BCUT2D eigenvalue weighted by Gasteiger charge is -2.18. The van der Waals surface area contributed by atoms with Crippen LogP contribution in [0.3, 0.4) is 0 Å². The number of esters is 2. The van der Waals surface area contributed by atoms with Crippen LogP contribution in [0, 0.1) is 0 Å². The number of carbonyl (C=O) groups excluding carboxylic acids is 3. The van der Waals surface area contributed by atoms with E-state index in [9.17, 15) is 14.4 Å². The van der Waals surface area contributed by atoms with Gasteiger partial charge in [-0.3, -0.25) is 4.79 Å². The number of hydrogen-bond acceptors (Lipinski definition) is 14. The first-order valence-corrected chi connectivity index (χ1v) is 11.9. The quantitative estimate of drug-likeness (QED) is 0.0702. The molecule has 0 spiro atoms. The van der Waals surface area contributed by atoms with Gasteiger partial charge in [0.05, 0.1) is 85.7 Å². The molecule has 0 aliphatic carbocycles. The molecule has 0 aromatic heterocycles. The van der Waals surface area contributed by atoms with Crippen LogP contribution in [0.1, 0.15) is 6.42 Å². The second-order valence-corrected chi connectivity index (χ2v) is 7.13. The number of methoxy groups -OCH3 is 3. The van der Waals surface area contributed by atoms with E-state index in [-0.39, 0.29) is 46.2 Å². The Morgan fingerprint density at radius 1 is 0.459 bits per heavy atom. The first-order valence-electron chi connectivity index (χ1n) is 11.9. The summed E-state index contributed by atoms with van der Waals surface area (Å²) in [5.74, 6) is -2.08. The normalized spacial score (nSPS) is 11.1. The van der Waals surface area contributed by atoms with Crippen LogP contribution in [0.4, 0.5) is 0 Å². The lowest BCUT2D eigenvalue weighted by atomic mass is 10.3. The second kappa shape index (κ2) is 27.3. The van der Waals surface area contributed by atoms with Crippen molar-refractivity contribution in [3.05, 3.63) is 0 Å². The molecule has 14 nitrogen and oxygen atoms in total. The lowest BCUT2D eigenvalue weighted by Crippen LogP contribution is -2.31. The highest BCUT2D eigenvalue weighted by molar-refractivity contribution is 5.81. The molecule has 0 aromatic rings. The van der Waals surface area contributed by atoms with Gasteiger partial charge < -0.3 is 52.1 Å². The van der Waals surface area contributed by atoms with Crippen LogP contribution < -0.4 is 0 Å². The van der Waals surface area contributed by atoms with Gasteiger partial charge in [0.15, 0.2) is 5.78 Å². The summed E-state index contributed by atoms with van der Waals surface area (Å²) in [5, 5.41) is 0. The molecule has 0 bridgehead atoms. The van der Waals surface area contributed by atoms with Crippen molar-refractivity contribution in [3.8, 4) is 0 Å². The molecule has 0 rings (SSSR count). The minimum absolute atomic E-state index is 0.142. The molecule has 0 unspecified atom stereocenters. The van der Waals surface area contributed by atoms with E-state index in [0.717, 1.165) is 0 Å². The number of Topliss-reactive ketones (excluding diaryl/α,β-unsaturated/α-hetero) is 1. The summed E-state index contributed by atoms with van der Waals surface area (Å²) >= 11 is 0. The minimum atomic E-state index is -1.46. The number of hydrogen-bond donors (Lipinski definition) is 0. The molecular formula is C23H42O14. The highest BCUT2D eigenvalue weighted by Gasteiger charge is 2.23. The maximum absolute atomic E-state index is 12.2. The summed E-state index contributed by atoms with van der Waals surface area (Å²) < 4.78 is 56.0. The largest absolute Gasteiger partial charge is 0.423 e. The highest BCUT2D eigenvalue weighted by atomic mass is 16.7. The molecular weight excluding hydrogens is 500 g/mol. The third kappa shape index (κ3) is 25.7. The van der Waals surface area contributed by atoms with E-state index >= 15 is 0 Å². The van der Waals surface area contributed by atoms with Crippen molar-refractivity contribution in [2.24, 2.45) is 0 Å². The molecule has 0 aromatic carbocycles. The van der Waals surface area contributed by atoms with E-state index in [1.165, 1.54) is 0 Å². The van der Waals surface area contributed by atoms with Gasteiger partial charge in [-0.1, -0.05) is 0 Å². The number of ether oxygens (including phenoxy) is 11. The van der Waals surface area contributed by atoms with E-state index in [1.54, 1.807) is 21.3 Å². The van der Waals surface area contributed by atoms with Gasteiger partial charge in [0, 0.05) is 21.3 Å². The Balaban J connectivity index is 4.40. The van der Waals surface area contributed by atoms with Gasteiger partial charge in [0.2, 0.25) is 0 Å². The zero-order valence-corrected chi connectivity index (χ0v) is 22.1. The van der Waals surface area contributed by atoms with Crippen LogP contribution in [-0.2, 0) is 66.5 Å². The molecule has 37 heavy (non-hydrogen) atoms. The summed E-state index contributed by atoms with van der Waals surface area (Å²) in [6.07, 6.45) is -1.86. The van der Waals surface area contributed by atoms with Gasteiger partial charge in [-0.25, -0.2) is 9.59 Å². The van der Waals surface area contributed by atoms with Crippen LogP contribution in [0.5, 0.6) is 0 Å². The molecule has 0 aliphatic rings.